The summed E-state index contributed by atoms with van der Waals surface area (Å²) in [5.41, 5.74) is 3.63. The molecule has 1 amide bonds. The molecule has 0 radical (unpaired) electrons. The fourth-order valence-electron chi connectivity index (χ4n) is 3.27. The summed E-state index contributed by atoms with van der Waals surface area (Å²) in [5.74, 6) is 0.797. The standard InChI is InChI=1S/C26H34N2O2/c1-4-5-12-23(24-15-17-25(30-3)18-16-24)13-7-14-26(29)28-21(2)9-6-10-22-11-8-19-27-20-22/h7-8,11,13-21H,4-6,9-10,12H2,1-3H3,(H,28,29)/b14-7+,23-13+. The molecule has 0 saturated carbocycles. The van der Waals surface area contributed by atoms with Crippen molar-refractivity contribution in [2.45, 2.75) is 58.4 Å². The average molecular weight is 407 g/mol. The first-order valence-corrected chi connectivity index (χ1v) is 10.8. The van der Waals surface area contributed by atoms with Gasteiger partial charge in [0.2, 0.25) is 5.91 Å². The van der Waals surface area contributed by atoms with Gasteiger partial charge in [0, 0.05) is 24.5 Å². The number of nitrogens with one attached hydrogen (secondary N) is 1. The van der Waals surface area contributed by atoms with Crippen molar-refractivity contribution in [2.24, 2.45) is 0 Å². The number of pyridine rings is 1. The number of hydrogen-bond acceptors (Lipinski definition) is 3. The number of allylic oxidation sites excluding steroid dienone is 3. The topological polar surface area (TPSA) is 51.2 Å². The molecule has 0 aliphatic carbocycles. The Labute approximate surface area is 181 Å². The van der Waals surface area contributed by atoms with Crippen LogP contribution < -0.4 is 10.1 Å². The first-order valence-electron chi connectivity index (χ1n) is 10.8. The van der Waals surface area contributed by atoms with Gasteiger partial charge >= 0.3 is 0 Å². The third-order valence-electron chi connectivity index (χ3n) is 5.02. The highest BCUT2D eigenvalue weighted by molar-refractivity contribution is 5.88. The van der Waals surface area contributed by atoms with Gasteiger partial charge in [-0.3, -0.25) is 9.78 Å². The van der Waals surface area contributed by atoms with E-state index >= 15 is 0 Å². The lowest BCUT2D eigenvalue weighted by Gasteiger charge is -2.12. The Bertz CT molecular complexity index is 811. The Morgan fingerprint density at radius 1 is 1.20 bits per heavy atom. The van der Waals surface area contributed by atoms with Crippen LogP contribution in [-0.2, 0) is 11.2 Å². The molecule has 0 aliphatic heterocycles. The third kappa shape index (κ3) is 8.64. The van der Waals surface area contributed by atoms with E-state index in [0.29, 0.717) is 0 Å². The minimum atomic E-state index is -0.0512. The predicted octanol–water partition coefficient (Wildman–Crippen LogP) is 5.75. The Hall–Kier alpha value is -2.88. The molecule has 0 saturated heterocycles. The van der Waals surface area contributed by atoms with Crippen molar-refractivity contribution in [3.63, 3.8) is 0 Å². The number of nitrogens with zero attached hydrogens (tertiary/aromatic N) is 1. The van der Waals surface area contributed by atoms with Crippen molar-refractivity contribution in [1.82, 2.24) is 10.3 Å². The zero-order chi connectivity index (χ0) is 21.6. The molecule has 160 valence electrons. The van der Waals surface area contributed by atoms with E-state index < -0.39 is 0 Å². The van der Waals surface area contributed by atoms with Crippen molar-refractivity contribution >= 4 is 11.5 Å². The van der Waals surface area contributed by atoms with Gasteiger partial charge in [0.15, 0.2) is 0 Å². The highest BCUT2D eigenvalue weighted by atomic mass is 16.5. The second-order valence-electron chi connectivity index (χ2n) is 7.55. The molecule has 2 aromatic rings. The monoisotopic (exact) mass is 406 g/mol. The molecule has 0 bridgehead atoms. The molecule has 2 rings (SSSR count). The molecule has 0 aliphatic rings. The van der Waals surface area contributed by atoms with E-state index in [1.165, 1.54) is 11.1 Å². The highest BCUT2D eigenvalue weighted by Crippen LogP contribution is 2.23. The lowest BCUT2D eigenvalue weighted by atomic mass is 9.99. The number of carbonyl (C=O) groups is 1. The Morgan fingerprint density at radius 3 is 2.67 bits per heavy atom. The number of unbranched alkanes of at least 4 members (excludes halogenated alkanes) is 1. The van der Waals surface area contributed by atoms with E-state index in [4.69, 9.17) is 4.74 Å². The number of methoxy groups -OCH3 is 1. The van der Waals surface area contributed by atoms with Crippen LogP contribution in [0.5, 0.6) is 5.75 Å². The summed E-state index contributed by atoms with van der Waals surface area (Å²) in [4.78, 5) is 16.4. The molecule has 1 atom stereocenters. The van der Waals surface area contributed by atoms with Crippen LogP contribution in [0, 0.1) is 0 Å². The van der Waals surface area contributed by atoms with Gasteiger partial charge in [-0.1, -0.05) is 43.7 Å². The van der Waals surface area contributed by atoms with Crippen LogP contribution in [0.4, 0.5) is 0 Å². The van der Waals surface area contributed by atoms with Gasteiger partial charge in [0.25, 0.3) is 0 Å². The summed E-state index contributed by atoms with van der Waals surface area (Å²) in [6.45, 7) is 4.24. The van der Waals surface area contributed by atoms with E-state index in [-0.39, 0.29) is 11.9 Å². The number of carbonyl (C=O) groups excluding carboxylic acids is 1. The van der Waals surface area contributed by atoms with Gasteiger partial charge in [0.05, 0.1) is 7.11 Å². The number of rotatable bonds is 12. The van der Waals surface area contributed by atoms with Crippen LogP contribution in [0.3, 0.4) is 0 Å². The van der Waals surface area contributed by atoms with Crippen LogP contribution in [0.2, 0.25) is 0 Å². The minimum Gasteiger partial charge on any atom is -0.497 e. The van der Waals surface area contributed by atoms with E-state index in [9.17, 15) is 4.79 Å². The number of aryl methyl sites for hydroxylation is 1. The van der Waals surface area contributed by atoms with Crippen molar-refractivity contribution in [3.8, 4) is 5.75 Å². The van der Waals surface area contributed by atoms with Gasteiger partial charge in [-0.05, 0) is 73.9 Å². The van der Waals surface area contributed by atoms with Crippen molar-refractivity contribution < 1.29 is 9.53 Å². The molecule has 1 aromatic heterocycles. The molecule has 0 spiro atoms. The van der Waals surface area contributed by atoms with E-state index in [1.807, 2.05) is 36.5 Å². The number of aromatic nitrogens is 1. The maximum absolute atomic E-state index is 12.2. The zero-order valence-corrected chi connectivity index (χ0v) is 18.4. The van der Waals surface area contributed by atoms with Crippen LogP contribution in [0.1, 0.15) is 57.1 Å². The van der Waals surface area contributed by atoms with Gasteiger partial charge < -0.3 is 10.1 Å². The van der Waals surface area contributed by atoms with E-state index in [0.717, 1.165) is 49.8 Å². The molecule has 4 nitrogen and oxygen atoms in total. The highest BCUT2D eigenvalue weighted by Gasteiger charge is 2.05. The Balaban J connectivity index is 1.85. The number of hydrogen-bond donors (Lipinski definition) is 1. The summed E-state index contributed by atoms with van der Waals surface area (Å²) < 4.78 is 5.24. The van der Waals surface area contributed by atoms with Crippen LogP contribution >= 0.6 is 0 Å². The van der Waals surface area contributed by atoms with Crippen molar-refractivity contribution in [3.05, 3.63) is 78.1 Å². The number of benzene rings is 1. The summed E-state index contributed by atoms with van der Waals surface area (Å²) >= 11 is 0. The van der Waals surface area contributed by atoms with Crippen LogP contribution in [0.25, 0.3) is 5.57 Å². The minimum absolute atomic E-state index is 0.0512. The molecule has 1 unspecified atom stereocenters. The van der Waals surface area contributed by atoms with Gasteiger partial charge in [-0.15, -0.1) is 0 Å². The normalized spacial score (nSPS) is 12.7. The fourth-order valence-corrected chi connectivity index (χ4v) is 3.27. The van der Waals surface area contributed by atoms with Crippen LogP contribution in [0.15, 0.2) is 67.0 Å². The van der Waals surface area contributed by atoms with Crippen molar-refractivity contribution in [1.29, 1.82) is 0 Å². The first kappa shape index (κ1) is 23.4. The zero-order valence-electron chi connectivity index (χ0n) is 18.4. The lowest BCUT2D eigenvalue weighted by molar-refractivity contribution is -0.117. The van der Waals surface area contributed by atoms with E-state index in [2.05, 4.69) is 42.3 Å². The molecule has 1 aromatic carbocycles. The van der Waals surface area contributed by atoms with Gasteiger partial charge in [-0.2, -0.15) is 0 Å². The molecule has 0 fully saturated rings. The Morgan fingerprint density at radius 2 is 2.00 bits per heavy atom. The van der Waals surface area contributed by atoms with E-state index in [1.54, 1.807) is 19.4 Å². The number of amides is 1. The van der Waals surface area contributed by atoms with Gasteiger partial charge in [0.1, 0.15) is 5.75 Å². The fraction of sp³-hybridized carbons (Fsp3) is 0.385. The summed E-state index contributed by atoms with van der Waals surface area (Å²) in [7, 11) is 1.67. The summed E-state index contributed by atoms with van der Waals surface area (Å²) in [6.07, 6.45) is 15.4. The molecule has 30 heavy (non-hydrogen) atoms. The number of ether oxygens (including phenoxy) is 1. The molecule has 1 heterocycles. The largest absolute Gasteiger partial charge is 0.497 e. The molecule has 1 N–H and O–H groups in total. The maximum atomic E-state index is 12.2. The second kappa shape index (κ2) is 13.4. The SMILES string of the molecule is CCCC/C(=C\C=C\C(=O)NC(C)CCCc1cccnc1)c1ccc(OC)cc1. The third-order valence-corrected chi connectivity index (χ3v) is 5.02. The lowest BCUT2D eigenvalue weighted by Crippen LogP contribution is -2.31. The van der Waals surface area contributed by atoms with Gasteiger partial charge in [-0.25, -0.2) is 0 Å². The second-order valence-corrected chi connectivity index (χ2v) is 7.55. The molecular formula is C26H34N2O2. The predicted molar refractivity (Wildman–Crippen MR) is 124 cm³/mol. The Kier molecular flexibility index (Phi) is 10.4. The average Bonchev–Trinajstić information content (AvgIpc) is 2.77. The summed E-state index contributed by atoms with van der Waals surface area (Å²) in [5, 5.41) is 3.05. The quantitative estimate of drug-likeness (QED) is 0.361. The first-order chi connectivity index (χ1) is 14.6. The van der Waals surface area contributed by atoms with Crippen LogP contribution in [-0.4, -0.2) is 24.0 Å². The maximum Gasteiger partial charge on any atom is 0.244 e. The van der Waals surface area contributed by atoms with Crippen molar-refractivity contribution in [2.75, 3.05) is 7.11 Å². The molecular weight excluding hydrogens is 372 g/mol. The smallest absolute Gasteiger partial charge is 0.244 e. The summed E-state index contributed by atoms with van der Waals surface area (Å²) in [6, 6.07) is 12.3. The molecule has 4 heteroatoms.